The van der Waals surface area contributed by atoms with Crippen LogP contribution in [0.4, 0.5) is 18.9 Å². The summed E-state index contributed by atoms with van der Waals surface area (Å²) in [5.41, 5.74) is -1.13. The summed E-state index contributed by atoms with van der Waals surface area (Å²) in [6.45, 7) is 1.35. The first kappa shape index (κ1) is 18.3. The van der Waals surface area contributed by atoms with Crippen LogP contribution in [0.1, 0.15) is 31.7 Å². The van der Waals surface area contributed by atoms with Gasteiger partial charge < -0.3 is 10.1 Å². The van der Waals surface area contributed by atoms with Crippen LogP contribution in [-0.2, 0) is 20.5 Å². The molecule has 0 fully saturated rings. The zero-order chi connectivity index (χ0) is 16.8. The maximum absolute atomic E-state index is 12.7. The van der Waals surface area contributed by atoms with E-state index in [0.717, 1.165) is 18.6 Å². The van der Waals surface area contributed by atoms with Gasteiger partial charge in [0, 0.05) is 12.1 Å². The summed E-state index contributed by atoms with van der Waals surface area (Å²) in [4.78, 5) is 22.8. The Kier molecular flexibility index (Phi) is 6.67. The summed E-state index contributed by atoms with van der Waals surface area (Å²) < 4.78 is 42.7. The number of esters is 1. The van der Waals surface area contributed by atoms with Gasteiger partial charge in [0.2, 0.25) is 0 Å². The predicted octanol–water partition coefficient (Wildman–Crippen LogP) is 4.03. The van der Waals surface area contributed by atoms with Crippen LogP contribution in [0, 0.1) is 0 Å². The van der Waals surface area contributed by atoms with E-state index in [1.165, 1.54) is 6.07 Å². The zero-order valence-corrected chi connectivity index (χ0v) is 12.6. The van der Waals surface area contributed by atoms with E-state index in [2.05, 4.69) is 5.32 Å². The molecule has 1 rings (SSSR count). The lowest BCUT2D eigenvalue weighted by Crippen LogP contribution is -2.21. The zero-order valence-electron chi connectivity index (χ0n) is 11.8. The molecule has 4 nitrogen and oxygen atoms in total. The van der Waals surface area contributed by atoms with Crippen molar-refractivity contribution >= 4 is 29.2 Å². The lowest BCUT2D eigenvalue weighted by Gasteiger charge is -2.12. The molecule has 0 spiro atoms. The predicted molar refractivity (Wildman–Crippen MR) is 75.6 cm³/mol. The average Bonchev–Trinajstić information content (AvgIpc) is 2.43. The summed E-state index contributed by atoms with van der Waals surface area (Å²) in [7, 11) is 0. The van der Waals surface area contributed by atoms with Crippen molar-refractivity contribution in [1.29, 1.82) is 0 Å². The van der Waals surface area contributed by atoms with Gasteiger partial charge in [0.05, 0.1) is 10.6 Å². The van der Waals surface area contributed by atoms with Crippen molar-refractivity contribution in [3.63, 3.8) is 0 Å². The topological polar surface area (TPSA) is 55.4 Å². The van der Waals surface area contributed by atoms with Gasteiger partial charge in [0.1, 0.15) is 0 Å². The van der Waals surface area contributed by atoms with Crippen LogP contribution in [0.2, 0.25) is 5.02 Å². The van der Waals surface area contributed by atoms with Gasteiger partial charge in [-0.3, -0.25) is 9.59 Å². The van der Waals surface area contributed by atoms with Crippen LogP contribution >= 0.6 is 11.6 Å². The van der Waals surface area contributed by atoms with Crippen LogP contribution in [0.3, 0.4) is 0 Å². The number of rotatable bonds is 6. The Bertz CT molecular complexity index is 547. The first-order valence-corrected chi connectivity index (χ1v) is 6.94. The van der Waals surface area contributed by atoms with Gasteiger partial charge >= 0.3 is 12.1 Å². The number of carbonyl (C=O) groups is 2. The number of anilines is 1. The summed E-state index contributed by atoms with van der Waals surface area (Å²) in [6, 6.07) is 2.99. The Hall–Kier alpha value is -1.76. The fraction of sp³-hybridized carbons (Fsp3) is 0.429. The molecule has 0 unspecified atom stereocenters. The molecule has 0 bridgehead atoms. The van der Waals surface area contributed by atoms with Crippen LogP contribution in [0.25, 0.3) is 0 Å². The second-order valence-corrected chi connectivity index (χ2v) is 4.91. The molecule has 1 amide bonds. The molecule has 0 aliphatic heterocycles. The van der Waals surface area contributed by atoms with Crippen molar-refractivity contribution in [3.05, 3.63) is 28.8 Å². The number of carbonyl (C=O) groups excluding carboxylic acids is 2. The van der Waals surface area contributed by atoms with Crippen LogP contribution in [0.15, 0.2) is 18.2 Å². The molecule has 1 aromatic rings. The fourth-order valence-electron chi connectivity index (χ4n) is 1.56. The molecule has 1 aromatic carbocycles. The van der Waals surface area contributed by atoms with Crippen LogP contribution in [-0.4, -0.2) is 18.5 Å². The highest BCUT2D eigenvalue weighted by Crippen LogP contribution is 2.36. The third-order valence-electron chi connectivity index (χ3n) is 2.65. The van der Waals surface area contributed by atoms with E-state index in [-0.39, 0.29) is 12.1 Å². The molecule has 0 atom stereocenters. The van der Waals surface area contributed by atoms with Gasteiger partial charge in [-0.25, -0.2) is 0 Å². The van der Waals surface area contributed by atoms with Crippen molar-refractivity contribution < 1.29 is 27.5 Å². The quantitative estimate of drug-likeness (QED) is 0.797. The number of unbranched alkanes of at least 4 members (excludes halogenated alkanes) is 1. The molecule has 8 heteroatoms. The van der Waals surface area contributed by atoms with Gasteiger partial charge in [-0.2, -0.15) is 13.2 Å². The van der Waals surface area contributed by atoms with Crippen molar-refractivity contribution in [2.45, 2.75) is 32.4 Å². The number of hydrogen-bond donors (Lipinski definition) is 1. The monoisotopic (exact) mass is 337 g/mol. The normalized spacial score (nSPS) is 11.1. The van der Waals surface area contributed by atoms with Crippen molar-refractivity contribution in [2.75, 3.05) is 11.9 Å². The van der Waals surface area contributed by atoms with Gasteiger partial charge in [-0.1, -0.05) is 24.9 Å². The second kappa shape index (κ2) is 8.03. The molecule has 0 aromatic heterocycles. The maximum Gasteiger partial charge on any atom is 0.417 e. The molecule has 122 valence electrons. The number of nitrogens with one attached hydrogen (secondary N) is 1. The fourth-order valence-corrected chi connectivity index (χ4v) is 1.78. The van der Waals surface area contributed by atoms with E-state index in [1.807, 2.05) is 6.92 Å². The highest BCUT2D eigenvalue weighted by molar-refractivity contribution is 6.31. The molecule has 1 N–H and O–H groups in total. The van der Waals surface area contributed by atoms with Gasteiger partial charge in [0.25, 0.3) is 5.91 Å². The smallest absolute Gasteiger partial charge is 0.417 e. The minimum absolute atomic E-state index is 0.0775. The van der Waals surface area contributed by atoms with E-state index >= 15 is 0 Å². The van der Waals surface area contributed by atoms with E-state index < -0.39 is 35.2 Å². The number of benzene rings is 1. The number of amides is 1. The minimum Gasteiger partial charge on any atom is -0.456 e. The third kappa shape index (κ3) is 5.93. The Morgan fingerprint density at radius 1 is 1.32 bits per heavy atom. The Balaban J connectivity index is 2.60. The van der Waals surface area contributed by atoms with Crippen LogP contribution in [0.5, 0.6) is 0 Å². The van der Waals surface area contributed by atoms with Crippen LogP contribution < -0.4 is 5.32 Å². The van der Waals surface area contributed by atoms with Crippen molar-refractivity contribution in [1.82, 2.24) is 0 Å². The standard InChI is InChI=1S/C14H15ClF3NO3/c1-2-3-4-13(21)22-8-12(20)19-9-5-6-11(15)10(7-9)14(16,17)18/h5-7H,2-4,8H2,1H3,(H,19,20). The van der Waals surface area contributed by atoms with Crippen molar-refractivity contribution in [3.8, 4) is 0 Å². The lowest BCUT2D eigenvalue weighted by atomic mass is 10.2. The molecule has 0 saturated carbocycles. The van der Waals surface area contributed by atoms with E-state index in [0.29, 0.717) is 6.42 Å². The third-order valence-corrected chi connectivity index (χ3v) is 2.98. The molecule has 0 radical (unpaired) electrons. The first-order chi connectivity index (χ1) is 10.2. The average molecular weight is 338 g/mol. The summed E-state index contributed by atoms with van der Waals surface area (Å²) in [6.07, 6.45) is -2.97. The number of hydrogen-bond acceptors (Lipinski definition) is 3. The number of ether oxygens (including phenoxy) is 1. The summed E-state index contributed by atoms with van der Waals surface area (Å²) >= 11 is 5.47. The summed E-state index contributed by atoms with van der Waals surface area (Å²) in [5, 5.41) is 1.76. The largest absolute Gasteiger partial charge is 0.456 e. The lowest BCUT2D eigenvalue weighted by molar-refractivity contribution is -0.147. The van der Waals surface area contributed by atoms with E-state index in [4.69, 9.17) is 16.3 Å². The molecular formula is C14H15ClF3NO3. The van der Waals surface area contributed by atoms with Gasteiger partial charge in [-0.05, 0) is 24.6 Å². The second-order valence-electron chi connectivity index (χ2n) is 4.50. The highest BCUT2D eigenvalue weighted by Gasteiger charge is 2.33. The van der Waals surface area contributed by atoms with Gasteiger partial charge in [-0.15, -0.1) is 0 Å². The maximum atomic E-state index is 12.7. The Labute approximate surface area is 130 Å². The molecule has 0 heterocycles. The molecular weight excluding hydrogens is 323 g/mol. The molecule has 0 saturated heterocycles. The van der Waals surface area contributed by atoms with Crippen molar-refractivity contribution in [2.24, 2.45) is 0 Å². The Morgan fingerprint density at radius 3 is 2.59 bits per heavy atom. The first-order valence-electron chi connectivity index (χ1n) is 6.56. The summed E-state index contributed by atoms with van der Waals surface area (Å²) in [5.74, 6) is -1.25. The molecule has 22 heavy (non-hydrogen) atoms. The van der Waals surface area contributed by atoms with Gasteiger partial charge in [0.15, 0.2) is 6.61 Å². The van der Waals surface area contributed by atoms with E-state index in [1.54, 1.807) is 0 Å². The SMILES string of the molecule is CCCCC(=O)OCC(=O)Nc1ccc(Cl)c(C(F)(F)F)c1. The molecule has 0 aliphatic rings. The van der Waals surface area contributed by atoms with E-state index in [9.17, 15) is 22.8 Å². The minimum atomic E-state index is -4.62. The number of halogens is 4. The highest BCUT2D eigenvalue weighted by atomic mass is 35.5. The number of alkyl halides is 3. The molecule has 0 aliphatic carbocycles. The Morgan fingerprint density at radius 2 is 2.00 bits per heavy atom.